The molecule has 0 amide bonds. The Balaban J connectivity index is 0.00000208. The van der Waals surface area contributed by atoms with Crippen LogP contribution >= 0.6 is 24.0 Å². The van der Waals surface area contributed by atoms with Crippen LogP contribution in [0.25, 0.3) is 0 Å². The molecular weight excluding hydrogens is 415 g/mol. The van der Waals surface area contributed by atoms with Crippen molar-refractivity contribution < 1.29 is 4.42 Å². The molecule has 2 fully saturated rings. The molecule has 1 aliphatic carbocycles. The highest BCUT2D eigenvalue weighted by molar-refractivity contribution is 14.0. The molecule has 136 valence electrons. The number of rotatable bonds is 7. The molecule has 0 bridgehead atoms. The topological polar surface area (TPSA) is 52.8 Å². The first-order chi connectivity index (χ1) is 11.3. The average Bonchev–Trinajstić information content (AvgIpc) is 3.02. The summed E-state index contributed by atoms with van der Waals surface area (Å²) in [7, 11) is 0. The van der Waals surface area contributed by atoms with Gasteiger partial charge in [-0.1, -0.05) is 0 Å². The lowest BCUT2D eigenvalue weighted by atomic mass is 10.2. The molecule has 6 heteroatoms. The molecular formula is C18H31IN4O. The number of nitrogens with zero attached hydrogens (tertiary/aromatic N) is 2. The van der Waals surface area contributed by atoms with Gasteiger partial charge in [-0.2, -0.15) is 0 Å². The van der Waals surface area contributed by atoms with Crippen molar-refractivity contribution in [2.75, 3.05) is 32.7 Å². The van der Waals surface area contributed by atoms with Crippen LogP contribution in [0.3, 0.4) is 0 Å². The smallest absolute Gasteiger partial charge is 0.191 e. The molecule has 5 nitrogen and oxygen atoms in total. The third-order valence-corrected chi connectivity index (χ3v) is 4.69. The van der Waals surface area contributed by atoms with Crippen molar-refractivity contribution in [3.05, 3.63) is 23.7 Å². The third kappa shape index (κ3) is 5.65. The fraction of sp³-hybridized carbons (Fsp3) is 0.722. The van der Waals surface area contributed by atoms with Gasteiger partial charge >= 0.3 is 0 Å². The van der Waals surface area contributed by atoms with Crippen LogP contribution in [0.15, 0.2) is 21.5 Å². The molecule has 1 saturated carbocycles. The molecule has 2 heterocycles. The Bertz CT molecular complexity index is 521. The van der Waals surface area contributed by atoms with E-state index >= 15 is 0 Å². The highest BCUT2D eigenvalue weighted by Crippen LogP contribution is 2.28. The molecule has 1 aliphatic heterocycles. The number of nitrogens with one attached hydrogen (secondary N) is 2. The summed E-state index contributed by atoms with van der Waals surface area (Å²) >= 11 is 0. The monoisotopic (exact) mass is 446 g/mol. The van der Waals surface area contributed by atoms with Gasteiger partial charge in [0.2, 0.25) is 0 Å². The van der Waals surface area contributed by atoms with Crippen molar-refractivity contribution >= 4 is 29.9 Å². The minimum atomic E-state index is 0. The molecule has 1 atom stereocenters. The summed E-state index contributed by atoms with van der Waals surface area (Å²) in [6.07, 6.45) is 5.27. The highest BCUT2D eigenvalue weighted by atomic mass is 127. The SMILES string of the molecule is CCNC(=NCC(c1ccc(C)o1)N1CCCC1)NCC1CC1.I. The summed E-state index contributed by atoms with van der Waals surface area (Å²) in [6.45, 7) is 9.09. The van der Waals surface area contributed by atoms with Crippen LogP contribution in [0.2, 0.25) is 0 Å². The normalized spacial score (nSPS) is 19.8. The van der Waals surface area contributed by atoms with Gasteiger partial charge in [-0.3, -0.25) is 9.89 Å². The van der Waals surface area contributed by atoms with E-state index in [4.69, 9.17) is 9.41 Å². The van der Waals surface area contributed by atoms with Crippen molar-refractivity contribution in [2.45, 2.75) is 45.6 Å². The number of halogens is 1. The quantitative estimate of drug-likeness (QED) is 0.384. The van der Waals surface area contributed by atoms with Crippen LogP contribution < -0.4 is 10.6 Å². The van der Waals surface area contributed by atoms with Gasteiger partial charge in [0.15, 0.2) is 5.96 Å². The van der Waals surface area contributed by atoms with Crippen LogP contribution in [0, 0.1) is 12.8 Å². The molecule has 1 aromatic heterocycles. The van der Waals surface area contributed by atoms with Crippen LogP contribution in [0.5, 0.6) is 0 Å². The third-order valence-electron chi connectivity index (χ3n) is 4.69. The Hall–Kier alpha value is -0.760. The maximum atomic E-state index is 5.91. The van der Waals surface area contributed by atoms with Gasteiger partial charge in [0, 0.05) is 13.1 Å². The highest BCUT2D eigenvalue weighted by Gasteiger charge is 2.26. The molecule has 24 heavy (non-hydrogen) atoms. The number of aliphatic imine (C=N–C) groups is 1. The van der Waals surface area contributed by atoms with Crippen LogP contribution in [-0.4, -0.2) is 43.6 Å². The number of guanidine groups is 1. The largest absolute Gasteiger partial charge is 0.465 e. The maximum absolute atomic E-state index is 5.91. The molecule has 0 aromatic carbocycles. The van der Waals surface area contributed by atoms with E-state index in [1.807, 2.05) is 6.92 Å². The molecule has 1 saturated heterocycles. The van der Waals surface area contributed by atoms with E-state index in [1.165, 1.54) is 25.7 Å². The van der Waals surface area contributed by atoms with Gasteiger partial charge in [0.25, 0.3) is 0 Å². The first kappa shape index (κ1) is 19.6. The van der Waals surface area contributed by atoms with E-state index in [1.54, 1.807) is 0 Å². The summed E-state index contributed by atoms with van der Waals surface area (Å²) in [5.41, 5.74) is 0. The number of hydrogen-bond acceptors (Lipinski definition) is 3. The lowest BCUT2D eigenvalue weighted by Crippen LogP contribution is -2.39. The summed E-state index contributed by atoms with van der Waals surface area (Å²) in [5.74, 6) is 3.81. The second-order valence-electron chi connectivity index (χ2n) is 6.75. The van der Waals surface area contributed by atoms with Gasteiger partial charge in [0.05, 0.1) is 12.6 Å². The Kier molecular flexibility index (Phi) is 7.87. The van der Waals surface area contributed by atoms with Crippen LogP contribution in [-0.2, 0) is 0 Å². The zero-order valence-corrected chi connectivity index (χ0v) is 17.2. The van der Waals surface area contributed by atoms with Crippen molar-refractivity contribution in [1.82, 2.24) is 15.5 Å². The summed E-state index contributed by atoms with van der Waals surface area (Å²) < 4.78 is 5.91. The van der Waals surface area contributed by atoms with E-state index in [2.05, 4.69) is 34.6 Å². The Labute approximate surface area is 162 Å². The molecule has 2 aliphatic rings. The average molecular weight is 446 g/mol. The van der Waals surface area contributed by atoms with E-state index in [-0.39, 0.29) is 30.0 Å². The minimum absolute atomic E-state index is 0. The van der Waals surface area contributed by atoms with Crippen molar-refractivity contribution in [3.63, 3.8) is 0 Å². The molecule has 2 N–H and O–H groups in total. The van der Waals surface area contributed by atoms with E-state index < -0.39 is 0 Å². The number of furan rings is 1. The molecule has 3 rings (SSSR count). The lowest BCUT2D eigenvalue weighted by Gasteiger charge is -2.24. The van der Waals surface area contributed by atoms with E-state index in [0.29, 0.717) is 0 Å². The number of hydrogen-bond donors (Lipinski definition) is 2. The van der Waals surface area contributed by atoms with Gasteiger partial charge in [0.1, 0.15) is 11.5 Å². The summed E-state index contributed by atoms with van der Waals surface area (Å²) in [5, 5.41) is 6.83. The molecule has 1 unspecified atom stereocenters. The molecule has 1 aromatic rings. The molecule has 0 spiro atoms. The van der Waals surface area contributed by atoms with Crippen LogP contribution in [0.4, 0.5) is 0 Å². The Morgan fingerprint density at radius 3 is 2.62 bits per heavy atom. The summed E-state index contributed by atoms with van der Waals surface area (Å²) in [6, 6.07) is 4.42. The van der Waals surface area contributed by atoms with Crippen molar-refractivity contribution in [3.8, 4) is 0 Å². The van der Waals surface area contributed by atoms with E-state index in [9.17, 15) is 0 Å². The fourth-order valence-corrected chi connectivity index (χ4v) is 3.15. The number of aryl methyl sites for hydroxylation is 1. The maximum Gasteiger partial charge on any atom is 0.191 e. The van der Waals surface area contributed by atoms with Crippen LogP contribution in [0.1, 0.15) is 50.2 Å². The van der Waals surface area contributed by atoms with Gasteiger partial charge in [-0.25, -0.2) is 0 Å². The predicted molar refractivity (Wildman–Crippen MR) is 109 cm³/mol. The first-order valence-electron chi connectivity index (χ1n) is 9.09. The first-order valence-corrected chi connectivity index (χ1v) is 9.09. The van der Waals surface area contributed by atoms with Crippen molar-refractivity contribution in [1.29, 1.82) is 0 Å². The standard InChI is InChI=1S/C18H30N4O.HI/c1-3-19-18(20-12-15-7-8-15)21-13-16(22-10-4-5-11-22)17-9-6-14(2)23-17;/h6,9,15-16H,3-5,7-8,10-13H2,1-2H3,(H2,19,20,21);1H. The zero-order chi connectivity index (χ0) is 16.1. The minimum Gasteiger partial charge on any atom is -0.465 e. The molecule has 0 radical (unpaired) electrons. The van der Waals surface area contributed by atoms with Gasteiger partial charge in [-0.15, -0.1) is 24.0 Å². The second kappa shape index (κ2) is 9.65. The Morgan fingerprint density at radius 2 is 2.04 bits per heavy atom. The zero-order valence-electron chi connectivity index (χ0n) is 14.9. The summed E-state index contributed by atoms with van der Waals surface area (Å²) in [4.78, 5) is 7.34. The van der Waals surface area contributed by atoms with Gasteiger partial charge in [-0.05, 0) is 70.7 Å². The number of likely N-dealkylation sites (tertiary alicyclic amines) is 1. The Morgan fingerprint density at radius 1 is 1.29 bits per heavy atom. The fourth-order valence-electron chi connectivity index (χ4n) is 3.15. The lowest BCUT2D eigenvalue weighted by molar-refractivity contribution is 0.219. The van der Waals surface area contributed by atoms with Crippen molar-refractivity contribution in [2.24, 2.45) is 10.9 Å². The van der Waals surface area contributed by atoms with Gasteiger partial charge < -0.3 is 15.1 Å². The van der Waals surface area contributed by atoms with E-state index in [0.717, 1.165) is 56.1 Å². The predicted octanol–water partition coefficient (Wildman–Crippen LogP) is 3.31. The second-order valence-corrected chi connectivity index (χ2v) is 6.75.